The van der Waals surface area contributed by atoms with E-state index >= 15 is 0 Å². The second-order valence-electron chi connectivity index (χ2n) is 4.25. The lowest BCUT2D eigenvalue weighted by Crippen LogP contribution is -2.40. The van der Waals surface area contributed by atoms with E-state index in [1.807, 2.05) is 13.8 Å². The standard InChI is InChI=1S/C12H17NO3/c1-8-5-7-16-11(8)12(14)13-9(2)10-4-3-6-15-10/h5,7,9-10H,3-4,6H2,1-2H3,(H,13,14). The Morgan fingerprint density at radius 2 is 2.44 bits per heavy atom. The van der Waals surface area contributed by atoms with Crippen LogP contribution in [-0.2, 0) is 4.74 Å². The van der Waals surface area contributed by atoms with E-state index in [1.165, 1.54) is 6.26 Å². The molecule has 16 heavy (non-hydrogen) atoms. The molecule has 2 unspecified atom stereocenters. The lowest BCUT2D eigenvalue weighted by atomic mass is 10.1. The second-order valence-corrected chi connectivity index (χ2v) is 4.25. The summed E-state index contributed by atoms with van der Waals surface area (Å²) in [6.07, 6.45) is 3.75. The van der Waals surface area contributed by atoms with Crippen LogP contribution in [0.2, 0.25) is 0 Å². The van der Waals surface area contributed by atoms with Gasteiger partial charge in [0.1, 0.15) is 0 Å². The quantitative estimate of drug-likeness (QED) is 0.851. The molecule has 1 aliphatic rings. The zero-order chi connectivity index (χ0) is 11.5. The molecule has 1 aliphatic heterocycles. The van der Waals surface area contributed by atoms with Crippen LogP contribution < -0.4 is 5.32 Å². The molecule has 88 valence electrons. The molecule has 1 saturated heterocycles. The number of amides is 1. The van der Waals surface area contributed by atoms with Gasteiger partial charge in [-0.2, -0.15) is 0 Å². The molecule has 2 atom stereocenters. The van der Waals surface area contributed by atoms with Crippen LogP contribution >= 0.6 is 0 Å². The lowest BCUT2D eigenvalue weighted by Gasteiger charge is -2.19. The van der Waals surface area contributed by atoms with Crippen molar-refractivity contribution in [1.82, 2.24) is 5.32 Å². The molecule has 4 heteroatoms. The van der Waals surface area contributed by atoms with Crippen LogP contribution in [0.3, 0.4) is 0 Å². The largest absolute Gasteiger partial charge is 0.459 e. The van der Waals surface area contributed by atoms with Gasteiger partial charge in [-0.3, -0.25) is 4.79 Å². The number of hydrogen-bond donors (Lipinski definition) is 1. The van der Waals surface area contributed by atoms with Crippen molar-refractivity contribution in [2.45, 2.75) is 38.8 Å². The first-order valence-electron chi connectivity index (χ1n) is 5.65. The average Bonchev–Trinajstić information content (AvgIpc) is 2.86. The van der Waals surface area contributed by atoms with Crippen LogP contribution in [0.15, 0.2) is 16.7 Å². The van der Waals surface area contributed by atoms with Crippen molar-refractivity contribution in [2.75, 3.05) is 6.61 Å². The Labute approximate surface area is 95.0 Å². The smallest absolute Gasteiger partial charge is 0.287 e. The van der Waals surface area contributed by atoms with E-state index in [2.05, 4.69) is 5.32 Å². The number of carbonyl (C=O) groups excluding carboxylic acids is 1. The number of carbonyl (C=O) groups is 1. The highest BCUT2D eigenvalue weighted by Gasteiger charge is 2.25. The van der Waals surface area contributed by atoms with Gasteiger partial charge in [-0.15, -0.1) is 0 Å². The molecular weight excluding hydrogens is 206 g/mol. The molecule has 1 aromatic rings. The summed E-state index contributed by atoms with van der Waals surface area (Å²) in [7, 11) is 0. The van der Waals surface area contributed by atoms with Gasteiger partial charge in [-0.25, -0.2) is 0 Å². The van der Waals surface area contributed by atoms with Crippen molar-refractivity contribution in [1.29, 1.82) is 0 Å². The Bertz CT molecular complexity index is 366. The molecule has 1 fully saturated rings. The van der Waals surface area contributed by atoms with E-state index < -0.39 is 0 Å². The van der Waals surface area contributed by atoms with Crippen LogP contribution in [0.1, 0.15) is 35.9 Å². The summed E-state index contributed by atoms with van der Waals surface area (Å²) in [5, 5.41) is 2.91. The van der Waals surface area contributed by atoms with E-state index in [0.717, 1.165) is 25.0 Å². The maximum atomic E-state index is 11.8. The van der Waals surface area contributed by atoms with Crippen molar-refractivity contribution >= 4 is 5.91 Å². The molecule has 1 amide bonds. The molecule has 0 saturated carbocycles. The summed E-state index contributed by atoms with van der Waals surface area (Å²) < 4.78 is 10.7. The first kappa shape index (κ1) is 11.2. The fourth-order valence-corrected chi connectivity index (χ4v) is 1.97. The normalized spacial score (nSPS) is 22.0. The van der Waals surface area contributed by atoms with Gasteiger partial charge in [-0.1, -0.05) is 0 Å². The predicted molar refractivity (Wildman–Crippen MR) is 59.3 cm³/mol. The summed E-state index contributed by atoms with van der Waals surface area (Å²) in [5.74, 6) is 0.232. The third-order valence-corrected chi connectivity index (χ3v) is 2.95. The summed E-state index contributed by atoms with van der Waals surface area (Å²) in [4.78, 5) is 11.8. The Hall–Kier alpha value is -1.29. The third kappa shape index (κ3) is 2.27. The minimum Gasteiger partial charge on any atom is -0.459 e. The number of ether oxygens (including phenoxy) is 1. The molecule has 1 N–H and O–H groups in total. The van der Waals surface area contributed by atoms with Gasteiger partial charge < -0.3 is 14.5 Å². The lowest BCUT2D eigenvalue weighted by molar-refractivity contribution is 0.0696. The average molecular weight is 223 g/mol. The summed E-state index contributed by atoms with van der Waals surface area (Å²) >= 11 is 0. The molecule has 4 nitrogen and oxygen atoms in total. The highest BCUT2D eigenvalue weighted by molar-refractivity contribution is 5.92. The van der Waals surface area contributed by atoms with Crippen LogP contribution in [-0.4, -0.2) is 24.7 Å². The van der Waals surface area contributed by atoms with E-state index in [4.69, 9.17) is 9.15 Å². The SMILES string of the molecule is Cc1ccoc1C(=O)NC(C)C1CCCO1. The maximum Gasteiger partial charge on any atom is 0.287 e. The van der Waals surface area contributed by atoms with Crippen molar-refractivity contribution < 1.29 is 13.9 Å². The van der Waals surface area contributed by atoms with Gasteiger partial charge in [0.25, 0.3) is 5.91 Å². The van der Waals surface area contributed by atoms with Crippen molar-refractivity contribution in [3.05, 3.63) is 23.7 Å². The molecular formula is C12H17NO3. The molecule has 2 heterocycles. The zero-order valence-electron chi connectivity index (χ0n) is 9.66. The van der Waals surface area contributed by atoms with Crippen LogP contribution in [0.25, 0.3) is 0 Å². The van der Waals surface area contributed by atoms with E-state index in [0.29, 0.717) is 5.76 Å². The Morgan fingerprint density at radius 1 is 1.62 bits per heavy atom. The van der Waals surface area contributed by atoms with Crippen molar-refractivity contribution in [3.8, 4) is 0 Å². The van der Waals surface area contributed by atoms with Crippen molar-refractivity contribution in [3.63, 3.8) is 0 Å². The highest BCUT2D eigenvalue weighted by Crippen LogP contribution is 2.16. The third-order valence-electron chi connectivity index (χ3n) is 2.95. The zero-order valence-corrected chi connectivity index (χ0v) is 9.66. The molecule has 2 rings (SSSR count). The topological polar surface area (TPSA) is 51.5 Å². The number of nitrogens with one attached hydrogen (secondary N) is 1. The molecule has 0 spiro atoms. The monoisotopic (exact) mass is 223 g/mol. The predicted octanol–water partition coefficient (Wildman–Crippen LogP) is 1.89. The van der Waals surface area contributed by atoms with Crippen molar-refractivity contribution in [2.24, 2.45) is 0 Å². The molecule has 0 aromatic carbocycles. The number of hydrogen-bond acceptors (Lipinski definition) is 3. The van der Waals surface area contributed by atoms with Crippen LogP contribution in [0, 0.1) is 6.92 Å². The van der Waals surface area contributed by atoms with Gasteiger partial charge in [0.15, 0.2) is 5.76 Å². The fourth-order valence-electron chi connectivity index (χ4n) is 1.97. The first-order valence-corrected chi connectivity index (χ1v) is 5.65. The number of furan rings is 1. The van der Waals surface area contributed by atoms with Gasteiger partial charge in [0.2, 0.25) is 0 Å². The molecule has 0 radical (unpaired) electrons. The molecule has 1 aromatic heterocycles. The van der Waals surface area contributed by atoms with Crippen LogP contribution in [0.5, 0.6) is 0 Å². The van der Waals surface area contributed by atoms with Gasteiger partial charge in [0.05, 0.1) is 18.4 Å². The molecule has 0 bridgehead atoms. The van der Waals surface area contributed by atoms with E-state index in [-0.39, 0.29) is 18.1 Å². The highest BCUT2D eigenvalue weighted by atomic mass is 16.5. The maximum absolute atomic E-state index is 11.8. The van der Waals surface area contributed by atoms with Gasteiger partial charge in [-0.05, 0) is 32.8 Å². The van der Waals surface area contributed by atoms with Gasteiger partial charge in [0, 0.05) is 12.2 Å². The fraction of sp³-hybridized carbons (Fsp3) is 0.583. The summed E-state index contributed by atoms with van der Waals surface area (Å²) in [5.41, 5.74) is 0.858. The van der Waals surface area contributed by atoms with Gasteiger partial charge >= 0.3 is 0 Å². The molecule has 0 aliphatic carbocycles. The number of aryl methyl sites for hydroxylation is 1. The second kappa shape index (κ2) is 4.70. The minimum atomic E-state index is -0.162. The summed E-state index contributed by atoms with van der Waals surface area (Å²) in [6, 6.07) is 1.81. The van der Waals surface area contributed by atoms with E-state index in [9.17, 15) is 4.79 Å². The summed E-state index contributed by atoms with van der Waals surface area (Å²) in [6.45, 7) is 4.62. The number of rotatable bonds is 3. The Kier molecular flexibility index (Phi) is 3.29. The Morgan fingerprint density at radius 3 is 3.00 bits per heavy atom. The van der Waals surface area contributed by atoms with E-state index in [1.54, 1.807) is 6.07 Å². The first-order chi connectivity index (χ1) is 7.68. The van der Waals surface area contributed by atoms with Crippen LogP contribution in [0.4, 0.5) is 0 Å². The minimum absolute atomic E-state index is 0.0273. The Balaban J connectivity index is 1.94.